The van der Waals surface area contributed by atoms with Gasteiger partial charge in [0.15, 0.2) is 0 Å². The number of benzene rings is 9. The van der Waals surface area contributed by atoms with Crippen LogP contribution in [0.3, 0.4) is 0 Å². The molecule has 9 aromatic carbocycles. The number of hydrogen-bond donors (Lipinski definition) is 3. The molecule has 1 aliphatic carbocycles. The SMILES string of the molecule is COc1c2cc(C(C)(C)C)cc1Cc1cc(C(C)(C)C)cc(c1OCCN[C@@H](C)c1ccccc1)Cc1cc(C(C)(C)C)cc(c1OC)Cc1cc(C(C)(C)C)cc(c1OCCN[C@@H](C)c1ccccc1)Cc1cc(C(C)(C)C)cc(c1OC)Cc1cc(C(C)(C)C)cc(c1OCCN[C@@H](C)c1ccccc1)C2. The molecule has 0 amide bonds. The van der Waals surface area contributed by atoms with Crippen molar-refractivity contribution in [1.82, 2.24) is 16.0 Å². The molecular weight excluding hydrogens is 1330 g/mol. The lowest BCUT2D eigenvalue weighted by Crippen LogP contribution is -2.25. The molecule has 0 spiro atoms. The molecule has 3 N–H and O–H groups in total. The molecule has 576 valence electrons. The Morgan fingerprint density at radius 2 is 0.407 bits per heavy atom. The van der Waals surface area contributed by atoms with E-state index >= 15 is 0 Å². The zero-order chi connectivity index (χ0) is 78.3. The minimum atomic E-state index is -0.233. The maximum atomic E-state index is 7.49. The van der Waals surface area contributed by atoms with E-state index in [0.29, 0.717) is 78.0 Å². The van der Waals surface area contributed by atoms with Crippen molar-refractivity contribution in [2.24, 2.45) is 0 Å². The van der Waals surface area contributed by atoms with Gasteiger partial charge < -0.3 is 44.4 Å². The van der Waals surface area contributed by atoms with E-state index in [0.717, 1.165) is 101 Å². The summed E-state index contributed by atoms with van der Waals surface area (Å²) in [6.07, 6.45) is 3.30. The summed E-state index contributed by atoms with van der Waals surface area (Å²) < 4.78 is 43.2. The molecule has 108 heavy (non-hydrogen) atoms. The van der Waals surface area contributed by atoms with E-state index in [2.05, 4.69) is 325 Å². The first-order chi connectivity index (χ1) is 50.9. The Hall–Kier alpha value is -8.34. The molecule has 9 nitrogen and oxygen atoms in total. The van der Waals surface area contributed by atoms with Crippen LogP contribution in [0, 0.1) is 0 Å². The van der Waals surface area contributed by atoms with Crippen molar-refractivity contribution in [1.29, 1.82) is 0 Å². The second kappa shape index (κ2) is 34.3. The summed E-state index contributed by atoms with van der Waals surface area (Å²) in [5.41, 5.74) is 22.9. The second-order valence-electron chi connectivity index (χ2n) is 36.7. The average molecular weight is 1460 g/mol. The highest BCUT2D eigenvalue weighted by Crippen LogP contribution is 2.47. The third kappa shape index (κ3) is 20.6. The van der Waals surface area contributed by atoms with Crippen LogP contribution in [0.2, 0.25) is 0 Å². The highest BCUT2D eigenvalue weighted by Gasteiger charge is 2.32. The average Bonchev–Trinajstić information content (AvgIpc) is 0.762. The molecule has 10 rings (SSSR count). The molecule has 0 heterocycles. The van der Waals surface area contributed by atoms with Gasteiger partial charge in [-0.2, -0.15) is 0 Å². The second-order valence-corrected chi connectivity index (χ2v) is 36.7. The maximum Gasteiger partial charge on any atom is 0.126 e. The van der Waals surface area contributed by atoms with Gasteiger partial charge in [0.05, 0.1) is 21.3 Å². The molecule has 1 aliphatic rings. The Kier molecular flexibility index (Phi) is 26.1. The molecule has 0 aromatic heterocycles. The fourth-order valence-corrected chi connectivity index (χ4v) is 15.1. The fraction of sp³-hybridized carbons (Fsp3) is 0.455. The number of nitrogens with one attached hydrogen (secondary N) is 3. The number of rotatable bonds is 21. The minimum Gasteiger partial charge on any atom is -0.496 e. The molecule has 9 aromatic rings. The van der Waals surface area contributed by atoms with E-state index in [-0.39, 0.29) is 50.6 Å². The van der Waals surface area contributed by atoms with Crippen LogP contribution in [0.5, 0.6) is 34.5 Å². The van der Waals surface area contributed by atoms with Gasteiger partial charge in [-0.1, -0.05) is 288 Å². The van der Waals surface area contributed by atoms with Gasteiger partial charge in [0, 0.05) is 76.3 Å². The van der Waals surface area contributed by atoms with Gasteiger partial charge in [0.2, 0.25) is 0 Å². The van der Waals surface area contributed by atoms with E-state index in [4.69, 9.17) is 28.4 Å². The predicted molar refractivity (Wildman–Crippen MR) is 452 cm³/mol. The zero-order valence-corrected chi connectivity index (χ0v) is 70.3. The van der Waals surface area contributed by atoms with E-state index in [1.165, 1.54) is 50.1 Å². The molecular formula is C99H129N3O6. The summed E-state index contributed by atoms with van der Waals surface area (Å²) in [4.78, 5) is 0. The van der Waals surface area contributed by atoms with Crippen LogP contribution < -0.4 is 44.4 Å². The van der Waals surface area contributed by atoms with Crippen LogP contribution in [0.15, 0.2) is 164 Å². The van der Waals surface area contributed by atoms with Gasteiger partial charge in [-0.05, 0) is 170 Å². The van der Waals surface area contributed by atoms with E-state index in [1.807, 2.05) is 21.3 Å². The number of fused-ring (bicyclic) bond motifs is 12. The lowest BCUT2D eigenvalue weighted by Gasteiger charge is -2.29. The van der Waals surface area contributed by atoms with Crippen LogP contribution in [0.4, 0.5) is 0 Å². The monoisotopic (exact) mass is 1460 g/mol. The summed E-state index contributed by atoms with van der Waals surface area (Å²) in [5.74, 6) is 5.25. The lowest BCUT2D eigenvalue weighted by atomic mass is 9.79. The molecule has 0 saturated heterocycles. The molecule has 12 bridgehead atoms. The topological polar surface area (TPSA) is 91.5 Å². The van der Waals surface area contributed by atoms with E-state index in [9.17, 15) is 0 Å². The number of ether oxygens (including phenoxy) is 6. The lowest BCUT2D eigenvalue weighted by molar-refractivity contribution is 0.302. The molecule has 0 saturated carbocycles. The van der Waals surface area contributed by atoms with Crippen LogP contribution >= 0.6 is 0 Å². The smallest absolute Gasteiger partial charge is 0.126 e. The Balaban J connectivity index is 1.28. The van der Waals surface area contributed by atoms with Crippen LogP contribution in [-0.2, 0) is 71.0 Å². The van der Waals surface area contributed by atoms with Gasteiger partial charge in [0.25, 0.3) is 0 Å². The van der Waals surface area contributed by atoms with Crippen molar-refractivity contribution >= 4 is 0 Å². The number of methoxy groups -OCH3 is 3. The van der Waals surface area contributed by atoms with Crippen molar-refractivity contribution in [3.05, 3.63) is 281 Å². The summed E-state index contributed by atoms with van der Waals surface area (Å²) in [5, 5.41) is 11.5. The largest absolute Gasteiger partial charge is 0.496 e. The van der Waals surface area contributed by atoms with Gasteiger partial charge >= 0.3 is 0 Å². The van der Waals surface area contributed by atoms with E-state index < -0.39 is 0 Å². The van der Waals surface area contributed by atoms with Gasteiger partial charge in [-0.3, -0.25) is 0 Å². The minimum absolute atomic E-state index is 0.123. The molecule has 0 radical (unpaired) electrons. The Morgan fingerprint density at radius 1 is 0.250 bits per heavy atom. The molecule has 0 aliphatic heterocycles. The van der Waals surface area contributed by atoms with Gasteiger partial charge in [-0.25, -0.2) is 0 Å². The highest BCUT2D eigenvalue weighted by molar-refractivity contribution is 5.62. The molecule has 0 fully saturated rings. The quantitative estimate of drug-likeness (QED) is 0.0609. The molecule has 9 heteroatoms. The summed E-state index contributed by atoms with van der Waals surface area (Å²) in [7, 11) is 5.57. The van der Waals surface area contributed by atoms with Crippen LogP contribution in [0.1, 0.15) is 280 Å². The Labute approximate surface area is 651 Å². The summed E-state index contributed by atoms with van der Waals surface area (Å²) in [6, 6.07) is 61.4. The zero-order valence-electron chi connectivity index (χ0n) is 70.3. The van der Waals surface area contributed by atoms with Crippen molar-refractivity contribution in [2.75, 3.05) is 60.8 Å². The number of hydrogen-bond acceptors (Lipinski definition) is 9. The van der Waals surface area contributed by atoms with Crippen molar-refractivity contribution in [2.45, 2.75) is 235 Å². The van der Waals surface area contributed by atoms with E-state index in [1.54, 1.807) is 0 Å². The van der Waals surface area contributed by atoms with Crippen molar-refractivity contribution < 1.29 is 28.4 Å². The maximum absolute atomic E-state index is 7.49. The predicted octanol–water partition coefficient (Wildman–Crippen LogP) is 22.5. The highest BCUT2D eigenvalue weighted by atomic mass is 16.5. The first-order valence-corrected chi connectivity index (χ1v) is 39.7. The third-order valence-corrected chi connectivity index (χ3v) is 21.8. The summed E-state index contributed by atoms with van der Waals surface area (Å²) >= 11 is 0. The van der Waals surface area contributed by atoms with Crippen molar-refractivity contribution in [3.8, 4) is 34.5 Å². The van der Waals surface area contributed by atoms with Crippen LogP contribution in [0.25, 0.3) is 0 Å². The van der Waals surface area contributed by atoms with Crippen LogP contribution in [-0.4, -0.2) is 60.8 Å². The molecule has 3 atom stereocenters. The third-order valence-electron chi connectivity index (χ3n) is 21.8. The van der Waals surface area contributed by atoms with Gasteiger partial charge in [0.1, 0.15) is 54.3 Å². The summed E-state index contributed by atoms with van der Waals surface area (Å²) in [6.45, 7) is 51.9. The standard InChI is InChI=1S/C99H129N3O6/c1-64(67-34-28-25-29-35-67)100-40-43-106-91-76-46-70-52-82(94(4,5)6)54-72(88(70)103-22)48-78-60-86(98(16,17)18)62-80(92(78)107-44-41-101-65(2)68-36-30-26-31-37-68)50-74-56-84(96(10,11)12)57-75(90(74)105-24)51-81-63-87(99(19,20)21)61-79(93(81)108-45-42-102-66(3)69-38-32-27-33-39-69)49-73-55-83(95(7,8)9)53-71(89(73)104-23)47-77(91)59-85(58-76)97(13,14)15/h25-39,52-66,100-102H,40-51H2,1-24H3/t64-,65-,66-/m0/s1. The normalized spacial score (nSPS) is 14.1. The first kappa shape index (κ1) is 82.2. The Bertz CT molecular complexity index is 3910. The van der Waals surface area contributed by atoms with Crippen molar-refractivity contribution in [3.63, 3.8) is 0 Å². The fourth-order valence-electron chi connectivity index (χ4n) is 15.1. The van der Waals surface area contributed by atoms with Gasteiger partial charge in [-0.15, -0.1) is 0 Å². The first-order valence-electron chi connectivity index (χ1n) is 39.7. The Morgan fingerprint density at radius 3 is 0.556 bits per heavy atom. The molecule has 0 unspecified atom stereocenters.